The predicted octanol–water partition coefficient (Wildman–Crippen LogP) is 23.1. The molecule has 0 unspecified atom stereocenters. The van der Waals surface area contributed by atoms with Gasteiger partial charge >= 0.3 is 0 Å². The first-order valence-electron chi connectivity index (χ1n) is 31.0. The molecule has 0 aliphatic rings. The van der Waals surface area contributed by atoms with E-state index in [1.54, 1.807) is 0 Å². The van der Waals surface area contributed by atoms with Crippen LogP contribution in [0.1, 0.15) is 0 Å². The summed E-state index contributed by atoms with van der Waals surface area (Å²) in [5.41, 5.74) is 21.8. The van der Waals surface area contributed by atoms with Gasteiger partial charge in [-0.25, -0.2) is 0 Å². The van der Waals surface area contributed by atoms with E-state index in [1.165, 1.54) is 159 Å². The number of rotatable bonds is 7. The lowest BCUT2D eigenvalue weighted by molar-refractivity contribution is 1.18. The summed E-state index contributed by atoms with van der Waals surface area (Å²) in [5.74, 6) is 0. The molecule has 0 fully saturated rings. The Hall–Kier alpha value is -12.0. The van der Waals surface area contributed by atoms with Crippen LogP contribution >= 0.6 is 0 Å². The second-order valence-corrected chi connectivity index (χ2v) is 23.6. The first-order valence-corrected chi connectivity index (χ1v) is 31.0. The fourth-order valence-corrected chi connectivity index (χ4v) is 14.4. The Morgan fingerprint density at radius 3 is 0.789 bits per heavy atom. The van der Waals surface area contributed by atoms with Crippen molar-refractivity contribution >= 4 is 109 Å². The Bertz CT molecular complexity index is 6020. The molecule has 0 saturated carbocycles. The predicted molar refractivity (Wildman–Crippen MR) is 382 cm³/mol. The standard InChI is InChI=1S/C46H30N2.C40H26N2/c1-2-12-37(13-3-1)47-43-16-8-6-14-39(43)41-29-35(22-26-45(41)47)36-23-27-46-42(30-36)40-15-7-9-17-44(40)48(46)38-24-20-32(21-25-38)34-19-18-31-10-4-5-11-33(31)28-34;1-2-12-31(13-3-1)41-37-16-8-6-14-33(37)35-25-29(19-22-39(35)41)30-20-23-40-36(26-30)34-15-7-9-17-38(34)42(40)32-21-18-27-10-4-5-11-28(27)24-32/h1-30H;1-26H. The highest BCUT2D eigenvalue weighted by Gasteiger charge is 2.19. The fourth-order valence-electron chi connectivity index (χ4n) is 14.4. The zero-order valence-electron chi connectivity index (χ0n) is 49.1. The normalized spacial score (nSPS) is 11.8. The quantitative estimate of drug-likeness (QED) is 0.152. The van der Waals surface area contributed by atoms with Crippen LogP contribution in [-0.4, -0.2) is 18.3 Å². The van der Waals surface area contributed by atoms with Crippen molar-refractivity contribution in [3.63, 3.8) is 0 Å². The van der Waals surface area contributed by atoms with Gasteiger partial charge in [0.25, 0.3) is 0 Å². The van der Waals surface area contributed by atoms with Crippen LogP contribution < -0.4 is 0 Å². The zero-order chi connectivity index (χ0) is 59.2. The molecule has 15 aromatic carbocycles. The molecule has 4 aromatic heterocycles. The smallest absolute Gasteiger partial charge is 0.0541 e. The third-order valence-electron chi connectivity index (χ3n) is 18.6. The zero-order valence-corrected chi connectivity index (χ0v) is 49.1. The summed E-state index contributed by atoms with van der Waals surface area (Å²) in [6.45, 7) is 0. The molecule has 0 N–H and O–H groups in total. The molecule has 90 heavy (non-hydrogen) atoms. The molecule has 4 nitrogen and oxygen atoms in total. The van der Waals surface area contributed by atoms with Crippen LogP contribution in [0.2, 0.25) is 0 Å². The van der Waals surface area contributed by atoms with Crippen LogP contribution in [0.4, 0.5) is 0 Å². The Morgan fingerprint density at radius 2 is 0.389 bits per heavy atom. The number of para-hydroxylation sites is 6. The van der Waals surface area contributed by atoms with Gasteiger partial charge in [-0.1, -0.05) is 212 Å². The topological polar surface area (TPSA) is 19.7 Å². The lowest BCUT2D eigenvalue weighted by atomic mass is 10.0. The van der Waals surface area contributed by atoms with Gasteiger partial charge in [0.05, 0.1) is 44.1 Å². The van der Waals surface area contributed by atoms with Gasteiger partial charge in [0.1, 0.15) is 0 Å². The van der Waals surface area contributed by atoms with E-state index in [0.717, 1.165) is 5.69 Å². The van der Waals surface area contributed by atoms with E-state index in [9.17, 15) is 0 Å². The highest BCUT2D eigenvalue weighted by molar-refractivity contribution is 6.15. The number of fused-ring (bicyclic) bond motifs is 14. The molecule has 0 aliphatic heterocycles. The first-order chi connectivity index (χ1) is 44.6. The van der Waals surface area contributed by atoms with E-state index in [4.69, 9.17) is 0 Å². The molecule has 0 atom stereocenters. The van der Waals surface area contributed by atoms with Gasteiger partial charge in [-0.05, 0) is 182 Å². The lowest BCUT2D eigenvalue weighted by Gasteiger charge is -2.10. The van der Waals surface area contributed by atoms with Gasteiger partial charge in [0, 0.05) is 65.8 Å². The Balaban J connectivity index is 0.000000135. The Kier molecular flexibility index (Phi) is 11.9. The average molecular weight is 1150 g/mol. The molecule has 420 valence electrons. The van der Waals surface area contributed by atoms with E-state index >= 15 is 0 Å². The maximum absolute atomic E-state index is 2.40. The lowest BCUT2D eigenvalue weighted by Crippen LogP contribution is -1.94. The van der Waals surface area contributed by atoms with Crippen LogP contribution in [0.5, 0.6) is 0 Å². The summed E-state index contributed by atoms with van der Waals surface area (Å²) in [7, 11) is 0. The summed E-state index contributed by atoms with van der Waals surface area (Å²) >= 11 is 0. The van der Waals surface area contributed by atoms with Crippen molar-refractivity contribution < 1.29 is 0 Å². The number of aromatic nitrogens is 4. The summed E-state index contributed by atoms with van der Waals surface area (Å²) in [6, 6.07) is 124. The first kappa shape index (κ1) is 51.3. The second kappa shape index (κ2) is 20.9. The Labute approximate surface area is 519 Å². The molecule has 19 aromatic rings. The number of hydrogen-bond donors (Lipinski definition) is 0. The van der Waals surface area contributed by atoms with Gasteiger partial charge in [-0.3, -0.25) is 0 Å². The highest BCUT2D eigenvalue weighted by Crippen LogP contribution is 2.42. The van der Waals surface area contributed by atoms with Crippen molar-refractivity contribution in [2.45, 2.75) is 0 Å². The third-order valence-corrected chi connectivity index (χ3v) is 18.6. The Morgan fingerprint density at radius 1 is 0.133 bits per heavy atom. The summed E-state index contributed by atoms with van der Waals surface area (Å²) < 4.78 is 9.54. The molecule has 0 bridgehead atoms. The van der Waals surface area contributed by atoms with E-state index in [-0.39, 0.29) is 0 Å². The molecule has 0 aliphatic carbocycles. The molecule has 0 amide bonds. The van der Waals surface area contributed by atoms with Gasteiger partial charge in [-0.2, -0.15) is 0 Å². The van der Waals surface area contributed by atoms with Gasteiger partial charge < -0.3 is 18.3 Å². The van der Waals surface area contributed by atoms with Gasteiger partial charge in [0.15, 0.2) is 0 Å². The van der Waals surface area contributed by atoms with Crippen molar-refractivity contribution in [3.8, 4) is 56.1 Å². The maximum Gasteiger partial charge on any atom is 0.0541 e. The van der Waals surface area contributed by atoms with E-state index in [1.807, 2.05) is 0 Å². The second-order valence-electron chi connectivity index (χ2n) is 23.6. The summed E-state index contributed by atoms with van der Waals surface area (Å²) in [4.78, 5) is 0. The van der Waals surface area contributed by atoms with E-state index in [2.05, 4.69) is 358 Å². The number of nitrogens with zero attached hydrogens (tertiary/aromatic N) is 4. The van der Waals surface area contributed by atoms with Gasteiger partial charge in [0.2, 0.25) is 0 Å². The summed E-state index contributed by atoms with van der Waals surface area (Å²) in [6.07, 6.45) is 0. The van der Waals surface area contributed by atoms with Crippen LogP contribution in [-0.2, 0) is 0 Å². The van der Waals surface area contributed by atoms with Crippen molar-refractivity contribution in [3.05, 3.63) is 340 Å². The largest absolute Gasteiger partial charge is 0.309 e. The molecular formula is C86H56N4. The minimum Gasteiger partial charge on any atom is -0.309 e. The minimum absolute atomic E-state index is 1.16. The van der Waals surface area contributed by atoms with E-state index < -0.39 is 0 Å². The summed E-state index contributed by atoms with van der Waals surface area (Å²) in [5, 5.41) is 15.2. The maximum atomic E-state index is 2.40. The molecule has 4 heterocycles. The number of hydrogen-bond acceptors (Lipinski definition) is 0. The van der Waals surface area contributed by atoms with Crippen LogP contribution in [0.25, 0.3) is 165 Å². The number of benzene rings is 15. The van der Waals surface area contributed by atoms with Crippen molar-refractivity contribution in [1.82, 2.24) is 18.3 Å². The molecule has 4 heteroatoms. The van der Waals surface area contributed by atoms with Gasteiger partial charge in [-0.15, -0.1) is 0 Å². The van der Waals surface area contributed by atoms with E-state index in [0.29, 0.717) is 0 Å². The SMILES string of the molecule is c1ccc(-n2c3ccccc3c3cc(-c4ccc5c(c4)c4ccccc4n5-c4ccc(-c5ccc6ccccc6c5)cc4)ccc32)cc1.c1ccc(-n2c3ccccc3c3cc(-c4ccc5c(c4)c4ccccc4n5-c4ccc5ccccc5c4)ccc32)cc1. The van der Waals surface area contributed by atoms with Crippen LogP contribution in [0, 0.1) is 0 Å². The molecule has 0 spiro atoms. The van der Waals surface area contributed by atoms with Crippen molar-refractivity contribution in [2.75, 3.05) is 0 Å². The minimum atomic E-state index is 1.16. The monoisotopic (exact) mass is 1140 g/mol. The van der Waals surface area contributed by atoms with Crippen LogP contribution in [0.3, 0.4) is 0 Å². The highest BCUT2D eigenvalue weighted by atomic mass is 15.0. The third kappa shape index (κ3) is 8.38. The molecular weight excluding hydrogens is 1090 g/mol. The molecule has 0 saturated heterocycles. The van der Waals surface area contributed by atoms with Crippen molar-refractivity contribution in [1.29, 1.82) is 0 Å². The fraction of sp³-hybridized carbons (Fsp3) is 0. The molecule has 19 rings (SSSR count). The van der Waals surface area contributed by atoms with Crippen LogP contribution in [0.15, 0.2) is 340 Å². The molecule has 0 radical (unpaired) electrons. The average Bonchev–Trinajstić information content (AvgIpc) is 1.70. The van der Waals surface area contributed by atoms with Crippen molar-refractivity contribution in [2.24, 2.45) is 0 Å².